The van der Waals surface area contributed by atoms with E-state index in [4.69, 9.17) is 0 Å². The summed E-state index contributed by atoms with van der Waals surface area (Å²) in [5.41, 5.74) is 5.75. The minimum Gasteiger partial charge on any atom is -0.481 e. The number of carbonyl (C=O) groups is 3. The summed E-state index contributed by atoms with van der Waals surface area (Å²) in [6, 6.07) is 15.8. The molecule has 0 saturated carbocycles. The SMILES string of the molecule is CCCN1CCN(C(=O)c2nn(C)c3c2CSc2ccccc2-3)CC1.CN(C)c1ccc(NC(=O)C2CC=CCC2C(=O)O)cc1. The Morgan fingerprint density at radius 3 is 2.30 bits per heavy atom. The van der Waals surface area contributed by atoms with Crippen molar-refractivity contribution in [3.8, 4) is 11.3 Å². The first-order chi connectivity index (χ1) is 22.2. The molecule has 0 spiro atoms. The fourth-order valence-electron chi connectivity index (χ4n) is 6.25. The van der Waals surface area contributed by atoms with Crippen LogP contribution in [-0.4, -0.2) is 89.3 Å². The number of carboxylic acid groups (broad SMARTS) is 1. The largest absolute Gasteiger partial charge is 0.481 e. The van der Waals surface area contributed by atoms with Gasteiger partial charge in [-0.05, 0) is 56.1 Å². The molecule has 11 heteroatoms. The zero-order valence-electron chi connectivity index (χ0n) is 27.1. The van der Waals surface area contributed by atoms with Gasteiger partial charge in [0, 0.05) is 80.5 Å². The average molecular weight is 645 g/mol. The number of thioether (sulfide) groups is 1. The molecule has 244 valence electrons. The number of aromatic nitrogens is 2. The first-order valence-electron chi connectivity index (χ1n) is 15.9. The molecule has 10 nitrogen and oxygen atoms in total. The zero-order valence-corrected chi connectivity index (χ0v) is 27.9. The van der Waals surface area contributed by atoms with Gasteiger partial charge in [0.15, 0.2) is 5.69 Å². The molecule has 0 radical (unpaired) electrons. The van der Waals surface area contributed by atoms with Crippen molar-refractivity contribution < 1.29 is 19.5 Å². The Morgan fingerprint density at radius 1 is 0.978 bits per heavy atom. The lowest BCUT2D eigenvalue weighted by Gasteiger charge is -2.34. The number of rotatable bonds is 7. The van der Waals surface area contributed by atoms with Gasteiger partial charge in [-0.25, -0.2) is 0 Å². The number of hydrogen-bond donors (Lipinski definition) is 2. The molecule has 2 atom stereocenters. The molecule has 3 aliphatic rings. The Hall–Kier alpha value is -4.09. The van der Waals surface area contributed by atoms with Crippen LogP contribution in [0.4, 0.5) is 11.4 Å². The van der Waals surface area contributed by atoms with E-state index in [1.54, 1.807) is 11.8 Å². The van der Waals surface area contributed by atoms with E-state index in [2.05, 4.69) is 46.5 Å². The first-order valence-corrected chi connectivity index (χ1v) is 16.9. The summed E-state index contributed by atoms with van der Waals surface area (Å²) in [4.78, 5) is 44.2. The van der Waals surface area contributed by atoms with Gasteiger partial charge in [0.25, 0.3) is 5.91 Å². The van der Waals surface area contributed by atoms with Gasteiger partial charge in [-0.3, -0.25) is 24.0 Å². The van der Waals surface area contributed by atoms with E-state index >= 15 is 0 Å². The van der Waals surface area contributed by atoms with Crippen molar-refractivity contribution in [2.75, 3.05) is 57.0 Å². The van der Waals surface area contributed by atoms with Crippen LogP contribution in [0.15, 0.2) is 65.6 Å². The number of anilines is 2. The van der Waals surface area contributed by atoms with E-state index < -0.39 is 17.8 Å². The molecule has 6 rings (SSSR count). The van der Waals surface area contributed by atoms with Crippen molar-refractivity contribution in [3.63, 3.8) is 0 Å². The molecular weight excluding hydrogens is 600 g/mol. The third-order valence-electron chi connectivity index (χ3n) is 8.80. The van der Waals surface area contributed by atoms with Gasteiger partial charge < -0.3 is 20.2 Å². The number of benzene rings is 2. The van der Waals surface area contributed by atoms with Crippen LogP contribution in [0.25, 0.3) is 11.3 Å². The molecule has 1 aromatic heterocycles. The lowest BCUT2D eigenvalue weighted by Crippen LogP contribution is -2.49. The van der Waals surface area contributed by atoms with Crippen molar-refractivity contribution in [2.24, 2.45) is 18.9 Å². The summed E-state index contributed by atoms with van der Waals surface area (Å²) in [5, 5.41) is 16.6. The fourth-order valence-corrected chi connectivity index (χ4v) is 7.31. The van der Waals surface area contributed by atoms with Gasteiger partial charge in [0.05, 0.1) is 17.5 Å². The smallest absolute Gasteiger partial charge is 0.307 e. The summed E-state index contributed by atoms with van der Waals surface area (Å²) >= 11 is 1.80. The standard InChI is InChI=1S/C19H24N4OS.C16H20N2O3/c1-3-8-22-9-11-23(12-10-22)19(24)17-15-13-25-16-7-5-4-6-14(16)18(15)21(2)20-17;1-18(2)12-9-7-11(8-10-12)17-15(19)13-5-3-4-6-14(13)16(20)21/h4-7H,3,8-13H2,1-2H3;3-4,7-10,13-14H,5-6H2,1-2H3,(H,17,19)(H,20,21). The summed E-state index contributed by atoms with van der Waals surface area (Å²) in [6.45, 7) is 6.85. The summed E-state index contributed by atoms with van der Waals surface area (Å²) in [5.74, 6) is -1.39. The molecule has 1 saturated heterocycles. The normalized spacial score (nSPS) is 18.9. The number of amides is 2. The van der Waals surface area contributed by atoms with Crippen molar-refractivity contribution in [1.29, 1.82) is 0 Å². The number of fused-ring (bicyclic) bond motifs is 3. The van der Waals surface area contributed by atoms with Crippen LogP contribution in [0.1, 0.15) is 42.2 Å². The minimum atomic E-state index is -0.914. The van der Waals surface area contributed by atoms with Gasteiger partial charge in [0.1, 0.15) is 0 Å². The molecule has 2 N–H and O–H groups in total. The maximum absolute atomic E-state index is 13.1. The molecule has 2 unspecified atom stereocenters. The second-order valence-corrected chi connectivity index (χ2v) is 13.2. The number of carboxylic acids is 1. The molecular formula is C35H44N6O4S. The Morgan fingerprint density at radius 2 is 1.65 bits per heavy atom. The van der Waals surface area contributed by atoms with Crippen LogP contribution in [0, 0.1) is 11.8 Å². The first kappa shape index (κ1) is 33.3. The number of carbonyl (C=O) groups excluding carboxylic acids is 2. The number of nitrogens with zero attached hydrogens (tertiary/aromatic N) is 5. The Balaban J connectivity index is 0.000000184. The van der Waals surface area contributed by atoms with E-state index in [1.165, 1.54) is 16.9 Å². The highest BCUT2D eigenvalue weighted by molar-refractivity contribution is 7.98. The van der Waals surface area contributed by atoms with Gasteiger partial charge in [0.2, 0.25) is 5.91 Å². The lowest BCUT2D eigenvalue weighted by atomic mass is 9.82. The van der Waals surface area contributed by atoms with Crippen molar-refractivity contribution in [3.05, 3.63) is 71.9 Å². The molecule has 46 heavy (non-hydrogen) atoms. The van der Waals surface area contributed by atoms with Gasteiger partial charge in [-0.1, -0.05) is 37.3 Å². The molecule has 1 fully saturated rings. The van der Waals surface area contributed by atoms with Gasteiger partial charge >= 0.3 is 5.97 Å². The van der Waals surface area contributed by atoms with E-state index in [9.17, 15) is 19.5 Å². The number of aliphatic carboxylic acids is 1. The predicted molar refractivity (Wildman–Crippen MR) is 183 cm³/mol. The highest BCUT2D eigenvalue weighted by Gasteiger charge is 2.34. The fraction of sp³-hybridized carbons (Fsp3) is 0.429. The predicted octanol–water partition coefficient (Wildman–Crippen LogP) is 5.22. The van der Waals surface area contributed by atoms with Crippen LogP contribution in [0.3, 0.4) is 0 Å². The summed E-state index contributed by atoms with van der Waals surface area (Å²) in [7, 11) is 5.83. The van der Waals surface area contributed by atoms with E-state index in [0.717, 1.165) is 55.4 Å². The molecule has 3 heterocycles. The van der Waals surface area contributed by atoms with Crippen LogP contribution in [0.5, 0.6) is 0 Å². The molecule has 3 aromatic rings. The monoisotopic (exact) mass is 644 g/mol. The maximum Gasteiger partial charge on any atom is 0.307 e. The molecule has 2 amide bonds. The van der Waals surface area contributed by atoms with Crippen molar-refractivity contribution in [1.82, 2.24) is 19.6 Å². The molecule has 1 aliphatic carbocycles. The molecule has 0 bridgehead atoms. The van der Waals surface area contributed by atoms with E-state index in [1.807, 2.05) is 72.0 Å². The number of allylic oxidation sites excluding steroid dienone is 2. The van der Waals surface area contributed by atoms with E-state index in [0.29, 0.717) is 24.2 Å². The van der Waals surface area contributed by atoms with E-state index in [-0.39, 0.29) is 11.8 Å². The van der Waals surface area contributed by atoms with Gasteiger partial charge in [-0.15, -0.1) is 11.8 Å². The van der Waals surface area contributed by atoms with Gasteiger partial charge in [-0.2, -0.15) is 5.10 Å². The topological polar surface area (TPSA) is 111 Å². The molecule has 2 aliphatic heterocycles. The third-order valence-corrected chi connectivity index (χ3v) is 9.90. The quantitative estimate of drug-likeness (QED) is 0.337. The highest BCUT2D eigenvalue weighted by Crippen LogP contribution is 2.42. The number of hydrogen-bond acceptors (Lipinski definition) is 7. The minimum absolute atomic E-state index is 0.0907. The van der Waals surface area contributed by atoms with Crippen molar-refractivity contribution in [2.45, 2.75) is 36.8 Å². The highest BCUT2D eigenvalue weighted by atomic mass is 32.2. The Kier molecular flexibility index (Phi) is 10.9. The molecule has 2 aromatic carbocycles. The maximum atomic E-state index is 13.1. The van der Waals surface area contributed by atoms with Crippen LogP contribution in [0.2, 0.25) is 0 Å². The average Bonchev–Trinajstić information content (AvgIpc) is 3.42. The Bertz CT molecular complexity index is 1580. The zero-order chi connectivity index (χ0) is 32.8. The number of piperazine rings is 1. The third kappa shape index (κ3) is 7.47. The van der Waals surface area contributed by atoms with Crippen LogP contribution in [-0.2, 0) is 22.4 Å². The van der Waals surface area contributed by atoms with Crippen molar-refractivity contribution >= 4 is 40.9 Å². The van der Waals surface area contributed by atoms with Crippen LogP contribution < -0.4 is 10.2 Å². The second kappa shape index (κ2) is 15.0. The summed E-state index contributed by atoms with van der Waals surface area (Å²) < 4.78 is 1.88. The van der Waals surface area contributed by atoms with Crippen LogP contribution >= 0.6 is 11.8 Å². The number of nitrogens with one attached hydrogen (secondary N) is 1. The Labute approximate surface area is 275 Å². The number of aryl methyl sites for hydroxylation is 1. The lowest BCUT2D eigenvalue weighted by molar-refractivity contribution is -0.146. The summed E-state index contributed by atoms with van der Waals surface area (Å²) in [6.07, 6.45) is 5.75. The second-order valence-electron chi connectivity index (χ2n) is 12.1.